The van der Waals surface area contributed by atoms with Gasteiger partial charge >= 0.3 is 12.1 Å². The van der Waals surface area contributed by atoms with Crippen molar-refractivity contribution in [1.82, 2.24) is 4.90 Å². The molecule has 0 unspecified atom stereocenters. The Morgan fingerprint density at radius 1 is 1.11 bits per heavy atom. The summed E-state index contributed by atoms with van der Waals surface area (Å²) in [5.74, 6) is -1.13. The second-order valence-corrected chi connectivity index (χ2v) is 6.40. The van der Waals surface area contributed by atoms with Crippen molar-refractivity contribution in [3.8, 4) is 0 Å². The molecule has 156 valence electrons. The molecule has 28 heavy (non-hydrogen) atoms. The standard InChI is InChI=1S/C19H27NO8/c1-24-12-26-11-15-8-16(28-13-25-2)9-17(18(21)22)20(15)19(23)27-10-14-6-4-3-5-7-14/h3-7,15-17H,8-13H2,1-2H3,(H,21,22)/t15-,16-,17+/m0/s1. The highest BCUT2D eigenvalue weighted by Gasteiger charge is 2.43. The molecule has 0 aromatic heterocycles. The number of carboxylic acid groups (broad SMARTS) is 1. The normalized spacial score (nSPS) is 22.1. The van der Waals surface area contributed by atoms with Gasteiger partial charge in [-0.2, -0.15) is 0 Å². The summed E-state index contributed by atoms with van der Waals surface area (Å²) < 4.78 is 26.1. The lowest BCUT2D eigenvalue weighted by molar-refractivity contribution is -0.156. The summed E-state index contributed by atoms with van der Waals surface area (Å²) >= 11 is 0. The Balaban J connectivity index is 2.11. The molecule has 1 amide bonds. The fourth-order valence-corrected chi connectivity index (χ4v) is 3.14. The van der Waals surface area contributed by atoms with E-state index in [0.29, 0.717) is 6.42 Å². The largest absolute Gasteiger partial charge is 0.480 e. The fourth-order valence-electron chi connectivity index (χ4n) is 3.14. The van der Waals surface area contributed by atoms with Gasteiger partial charge in [0.2, 0.25) is 0 Å². The van der Waals surface area contributed by atoms with Crippen LogP contribution < -0.4 is 0 Å². The Morgan fingerprint density at radius 2 is 1.82 bits per heavy atom. The zero-order valence-electron chi connectivity index (χ0n) is 16.1. The maximum absolute atomic E-state index is 12.7. The van der Waals surface area contributed by atoms with E-state index in [1.807, 2.05) is 30.3 Å². The van der Waals surface area contributed by atoms with Crippen molar-refractivity contribution in [3.05, 3.63) is 35.9 Å². The number of hydrogen-bond acceptors (Lipinski definition) is 7. The van der Waals surface area contributed by atoms with E-state index in [4.69, 9.17) is 23.7 Å². The number of carbonyl (C=O) groups is 2. The fraction of sp³-hybridized carbons (Fsp3) is 0.579. The van der Waals surface area contributed by atoms with Gasteiger partial charge in [0.05, 0.1) is 18.8 Å². The quantitative estimate of drug-likeness (QED) is 0.471. The molecule has 9 nitrogen and oxygen atoms in total. The van der Waals surface area contributed by atoms with Crippen molar-refractivity contribution in [3.63, 3.8) is 0 Å². The van der Waals surface area contributed by atoms with Crippen LogP contribution in [0.4, 0.5) is 4.79 Å². The molecule has 1 N–H and O–H groups in total. The number of nitrogens with zero attached hydrogens (tertiary/aromatic N) is 1. The van der Waals surface area contributed by atoms with Crippen molar-refractivity contribution in [2.75, 3.05) is 34.4 Å². The van der Waals surface area contributed by atoms with E-state index in [1.165, 1.54) is 19.1 Å². The number of methoxy groups -OCH3 is 2. The number of benzene rings is 1. The van der Waals surface area contributed by atoms with Crippen LogP contribution in [0.25, 0.3) is 0 Å². The molecule has 0 spiro atoms. The average molecular weight is 397 g/mol. The summed E-state index contributed by atoms with van der Waals surface area (Å²) in [6.45, 7) is 0.231. The van der Waals surface area contributed by atoms with E-state index >= 15 is 0 Å². The Morgan fingerprint density at radius 3 is 2.46 bits per heavy atom. The molecule has 1 aliphatic heterocycles. The van der Waals surface area contributed by atoms with E-state index in [9.17, 15) is 14.7 Å². The molecule has 1 aromatic rings. The molecule has 9 heteroatoms. The van der Waals surface area contributed by atoms with Crippen LogP contribution in [0.3, 0.4) is 0 Å². The number of carbonyl (C=O) groups excluding carboxylic acids is 1. The second-order valence-electron chi connectivity index (χ2n) is 6.40. The zero-order valence-corrected chi connectivity index (χ0v) is 16.1. The van der Waals surface area contributed by atoms with Crippen LogP contribution in [0.2, 0.25) is 0 Å². The molecule has 0 bridgehead atoms. The van der Waals surface area contributed by atoms with Gasteiger partial charge in [-0.3, -0.25) is 4.90 Å². The Bertz CT molecular complexity index is 611. The molecule has 0 aliphatic carbocycles. The van der Waals surface area contributed by atoms with Gasteiger partial charge in [0.15, 0.2) is 0 Å². The Labute approximate surface area is 164 Å². The number of carboxylic acids is 1. The van der Waals surface area contributed by atoms with Crippen molar-refractivity contribution in [2.45, 2.75) is 37.6 Å². The number of aliphatic carboxylic acids is 1. The first-order valence-corrected chi connectivity index (χ1v) is 8.95. The molecule has 0 saturated carbocycles. The topological polar surface area (TPSA) is 104 Å². The lowest BCUT2D eigenvalue weighted by Crippen LogP contribution is -2.58. The number of piperidine rings is 1. The second kappa shape index (κ2) is 11.6. The van der Waals surface area contributed by atoms with Gasteiger partial charge in [-0.25, -0.2) is 9.59 Å². The molecular formula is C19H27NO8. The van der Waals surface area contributed by atoms with Gasteiger partial charge in [-0.05, 0) is 12.0 Å². The number of ether oxygens (including phenoxy) is 5. The predicted octanol–water partition coefficient (Wildman–Crippen LogP) is 1.85. The van der Waals surface area contributed by atoms with E-state index in [-0.39, 0.29) is 39.3 Å². The molecule has 1 aromatic carbocycles. The summed E-state index contributed by atoms with van der Waals surface area (Å²) in [7, 11) is 2.97. The SMILES string of the molecule is COCOC[C@@H]1C[C@H](OCOC)C[C@H](C(=O)O)N1C(=O)OCc1ccccc1. The lowest BCUT2D eigenvalue weighted by atomic mass is 9.93. The number of hydrogen-bond donors (Lipinski definition) is 1. The number of rotatable bonds is 10. The molecule has 1 saturated heterocycles. The summed E-state index contributed by atoms with van der Waals surface area (Å²) in [5, 5.41) is 9.67. The minimum atomic E-state index is -1.13. The van der Waals surface area contributed by atoms with Crippen molar-refractivity contribution < 1.29 is 38.4 Å². The molecule has 3 atom stereocenters. The summed E-state index contributed by atoms with van der Waals surface area (Å²) in [6, 6.07) is 7.56. The monoisotopic (exact) mass is 397 g/mol. The first-order chi connectivity index (χ1) is 13.6. The minimum Gasteiger partial charge on any atom is -0.480 e. The highest BCUT2D eigenvalue weighted by molar-refractivity contribution is 5.80. The van der Waals surface area contributed by atoms with E-state index < -0.39 is 24.1 Å². The van der Waals surface area contributed by atoms with Crippen LogP contribution in [0.1, 0.15) is 18.4 Å². The van der Waals surface area contributed by atoms with Gasteiger partial charge < -0.3 is 28.8 Å². The summed E-state index contributed by atoms with van der Waals surface area (Å²) in [6.07, 6.45) is -0.542. The molecule has 0 radical (unpaired) electrons. The van der Waals surface area contributed by atoms with Crippen LogP contribution in [0.15, 0.2) is 30.3 Å². The predicted molar refractivity (Wildman–Crippen MR) is 97.5 cm³/mol. The number of likely N-dealkylation sites (tertiary alicyclic amines) is 1. The third kappa shape index (κ3) is 6.45. The first-order valence-electron chi connectivity index (χ1n) is 8.95. The van der Waals surface area contributed by atoms with Crippen LogP contribution in [-0.2, 0) is 35.1 Å². The Hall–Kier alpha value is -2.20. The molecule has 1 aliphatic rings. The third-order valence-electron chi connectivity index (χ3n) is 4.38. The first kappa shape index (κ1) is 22.1. The summed E-state index contributed by atoms with van der Waals surface area (Å²) in [5.41, 5.74) is 0.813. The van der Waals surface area contributed by atoms with Gasteiger partial charge in [0.1, 0.15) is 26.2 Å². The van der Waals surface area contributed by atoms with Crippen molar-refractivity contribution in [2.24, 2.45) is 0 Å². The van der Waals surface area contributed by atoms with Gasteiger partial charge in [0, 0.05) is 20.6 Å². The van der Waals surface area contributed by atoms with Gasteiger partial charge in [-0.1, -0.05) is 30.3 Å². The molecule has 1 heterocycles. The maximum Gasteiger partial charge on any atom is 0.411 e. The van der Waals surface area contributed by atoms with Crippen LogP contribution in [-0.4, -0.2) is 74.7 Å². The van der Waals surface area contributed by atoms with Crippen molar-refractivity contribution >= 4 is 12.1 Å². The zero-order chi connectivity index (χ0) is 20.4. The van der Waals surface area contributed by atoms with Crippen molar-refractivity contribution in [1.29, 1.82) is 0 Å². The van der Waals surface area contributed by atoms with Crippen LogP contribution in [0.5, 0.6) is 0 Å². The Kier molecular flexibility index (Phi) is 9.15. The highest BCUT2D eigenvalue weighted by Crippen LogP contribution is 2.27. The summed E-state index contributed by atoms with van der Waals surface area (Å²) in [4.78, 5) is 25.8. The number of amides is 1. The molecule has 2 rings (SSSR count). The smallest absolute Gasteiger partial charge is 0.411 e. The molecule has 1 fully saturated rings. The van der Waals surface area contributed by atoms with Gasteiger partial charge in [-0.15, -0.1) is 0 Å². The van der Waals surface area contributed by atoms with E-state index in [0.717, 1.165) is 5.56 Å². The van der Waals surface area contributed by atoms with Gasteiger partial charge in [0.25, 0.3) is 0 Å². The highest BCUT2D eigenvalue weighted by atomic mass is 16.7. The van der Waals surface area contributed by atoms with Crippen LogP contribution in [0, 0.1) is 0 Å². The van der Waals surface area contributed by atoms with E-state index in [1.54, 1.807) is 0 Å². The average Bonchev–Trinajstić information content (AvgIpc) is 2.71. The molecular weight excluding hydrogens is 370 g/mol. The minimum absolute atomic E-state index is 0.0325. The third-order valence-corrected chi connectivity index (χ3v) is 4.38. The van der Waals surface area contributed by atoms with Crippen LogP contribution >= 0.6 is 0 Å². The lowest BCUT2D eigenvalue weighted by Gasteiger charge is -2.42. The maximum atomic E-state index is 12.7. The van der Waals surface area contributed by atoms with E-state index in [2.05, 4.69) is 0 Å².